The lowest BCUT2D eigenvalue weighted by Gasteiger charge is -2.33. The zero-order valence-corrected chi connectivity index (χ0v) is 10.6. The van der Waals surface area contributed by atoms with Crippen LogP contribution in [0.2, 0.25) is 0 Å². The van der Waals surface area contributed by atoms with E-state index >= 15 is 0 Å². The molecule has 0 N–H and O–H groups in total. The van der Waals surface area contributed by atoms with Crippen molar-refractivity contribution < 1.29 is 9.21 Å². The minimum Gasteiger partial charge on any atom is -0.425 e. The van der Waals surface area contributed by atoms with E-state index in [9.17, 15) is 4.79 Å². The van der Waals surface area contributed by atoms with Crippen LogP contribution in [-0.2, 0) is 4.79 Å². The Balaban J connectivity index is 1.98. The summed E-state index contributed by atoms with van der Waals surface area (Å²) in [5.41, 5.74) is 0. The summed E-state index contributed by atoms with van der Waals surface area (Å²) in [6, 6.07) is 0. The fourth-order valence-corrected chi connectivity index (χ4v) is 1.93. The number of rotatable bonds is 2. The topological polar surface area (TPSA) is 49.6 Å². The minimum atomic E-state index is 0.144. The summed E-state index contributed by atoms with van der Waals surface area (Å²) >= 11 is 0. The molecule has 2 rings (SSSR count). The van der Waals surface area contributed by atoms with Crippen LogP contribution in [0.5, 0.6) is 0 Å². The molecule has 2 heterocycles. The third kappa shape index (κ3) is 2.60. The molecule has 0 aromatic carbocycles. The maximum absolute atomic E-state index is 11.2. The fourth-order valence-electron chi connectivity index (χ4n) is 1.93. The SMILES string of the molecule is CC(=O)N1CCN(c2cnc(C(C)C)o2)CC1. The van der Waals surface area contributed by atoms with Crippen molar-refractivity contribution in [3.63, 3.8) is 0 Å². The highest BCUT2D eigenvalue weighted by molar-refractivity contribution is 5.73. The van der Waals surface area contributed by atoms with Gasteiger partial charge in [-0.15, -0.1) is 0 Å². The summed E-state index contributed by atoms with van der Waals surface area (Å²) in [5.74, 6) is 2.04. The second-order valence-electron chi connectivity index (χ2n) is 4.68. The van der Waals surface area contributed by atoms with Gasteiger partial charge in [0.2, 0.25) is 11.8 Å². The highest BCUT2D eigenvalue weighted by Gasteiger charge is 2.21. The number of carbonyl (C=O) groups is 1. The molecule has 1 fully saturated rings. The van der Waals surface area contributed by atoms with Crippen LogP contribution in [0.1, 0.15) is 32.6 Å². The van der Waals surface area contributed by atoms with Crippen LogP contribution >= 0.6 is 0 Å². The Labute approximate surface area is 101 Å². The molecular formula is C12H19N3O2. The molecule has 0 spiro atoms. The van der Waals surface area contributed by atoms with Crippen molar-refractivity contribution in [2.45, 2.75) is 26.7 Å². The van der Waals surface area contributed by atoms with E-state index in [2.05, 4.69) is 23.7 Å². The molecule has 1 saturated heterocycles. The first-order valence-corrected chi connectivity index (χ1v) is 6.04. The van der Waals surface area contributed by atoms with Gasteiger partial charge >= 0.3 is 0 Å². The number of amides is 1. The molecule has 17 heavy (non-hydrogen) atoms. The highest BCUT2D eigenvalue weighted by atomic mass is 16.4. The number of oxazole rings is 1. The maximum atomic E-state index is 11.2. The Hall–Kier alpha value is -1.52. The molecule has 0 radical (unpaired) electrons. The first-order valence-electron chi connectivity index (χ1n) is 6.04. The molecule has 0 aliphatic carbocycles. The Morgan fingerprint density at radius 3 is 2.47 bits per heavy atom. The van der Waals surface area contributed by atoms with Crippen molar-refractivity contribution in [3.8, 4) is 0 Å². The van der Waals surface area contributed by atoms with Crippen LogP contribution < -0.4 is 4.90 Å². The van der Waals surface area contributed by atoms with Crippen LogP contribution in [0.4, 0.5) is 5.88 Å². The number of hydrogen-bond donors (Lipinski definition) is 0. The van der Waals surface area contributed by atoms with E-state index in [0.717, 1.165) is 38.0 Å². The Kier molecular flexibility index (Phi) is 3.36. The van der Waals surface area contributed by atoms with Gasteiger partial charge in [-0.25, -0.2) is 4.98 Å². The number of anilines is 1. The van der Waals surface area contributed by atoms with E-state index in [1.54, 1.807) is 13.1 Å². The second kappa shape index (κ2) is 4.77. The third-order valence-corrected chi connectivity index (χ3v) is 3.04. The summed E-state index contributed by atoms with van der Waals surface area (Å²) in [7, 11) is 0. The van der Waals surface area contributed by atoms with Gasteiger partial charge in [0.1, 0.15) is 0 Å². The second-order valence-corrected chi connectivity index (χ2v) is 4.68. The fraction of sp³-hybridized carbons (Fsp3) is 0.667. The molecule has 94 valence electrons. The summed E-state index contributed by atoms with van der Waals surface area (Å²) in [6.07, 6.45) is 1.78. The Morgan fingerprint density at radius 2 is 2.00 bits per heavy atom. The number of aromatic nitrogens is 1. The number of piperazine rings is 1. The average Bonchev–Trinajstić information content (AvgIpc) is 2.78. The molecule has 1 aliphatic heterocycles. The average molecular weight is 237 g/mol. The molecule has 0 atom stereocenters. The van der Waals surface area contributed by atoms with Gasteiger partial charge in [-0.05, 0) is 0 Å². The summed E-state index contributed by atoms with van der Waals surface area (Å²) in [5, 5.41) is 0. The first kappa shape index (κ1) is 12.0. The van der Waals surface area contributed by atoms with E-state index in [1.165, 1.54) is 0 Å². The van der Waals surface area contributed by atoms with Gasteiger partial charge in [-0.1, -0.05) is 13.8 Å². The molecule has 0 unspecified atom stereocenters. The molecule has 5 heteroatoms. The quantitative estimate of drug-likeness (QED) is 0.781. The van der Waals surface area contributed by atoms with E-state index in [0.29, 0.717) is 5.92 Å². The van der Waals surface area contributed by atoms with Crippen molar-refractivity contribution in [1.82, 2.24) is 9.88 Å². The molecule has 1 aromatic rings. The smallest absolute Gasteiger partial charge is 0.219 e. The molecule has 1 amide bonds. The first-order chi connectivity index (χ1) is 8.08. The van der Waals surface area contributed by atoms with Crippen LogP contribution in [0.3, 0.4) is 0 Å². The monoisotopic (exact) mass is 237 g/mol. The van der Waals surface area contributed by atoms with Crippen LogP contribution in [0.25, 0.3) is 0 Å². The highest BCUT2D eigenvalue weighted by Crippen LogP contribution is 2.22. The van der Waals surface area contributed by atoms with Crippen molar-refractivity contribution in [2.24, 2.45) is 0 Å². The Bertz CT molecular complexity index is 392. The standard InChI is InChI=1S/C12H19N3O2/c1-9(2)12-13-8-11(17-12)15-6-4-14(5-7-15)10(3)16/h8-9H,4-7H2,1-3H3. The van der Waals surface area contributed by atoms with E-state index in [4.69, 9.17) is 4.42 Å². The van der Waals surface area contributed by atoms with Crippen molar-refractivity contribution in [1.29, 1.82) is 0 Å². The minimum absolute atomic E-state index is 0.144. The zero-order valence-electron chi connectivity index (χ0n) is 10.6. The molecule has 1 aliphatic rings. The molecule has 0 saturated carbocycles. The number of carbonyl (C=O) groups excluding carboxylic acids is 1. The molecule has 0 bridgehead atoms. The van der Waals surface area contributed by atoms with Crippen LogP contribution in [0.15, 0.2) is 10.6 Å². The summed E-state index contributed by atoms with van der Waals surface area (Å²) in [4.78, 5) is 19.5. The molecular weight excluding hydrogens is 218 g/mol. The number of hydrogen-bond acceptors (Lipinski definition) is 4. The maximum Gasteiger partial charge on any atom is 0.219 e. The van der Waals surface area contributed by atoms with Crippen LogP contribution in [0, 0.1) is 0 Å². The number of nitrogens with zero attached hydrogens (tertiary/aromatic N) is 3. The van der Waals surface area contributed by atoms with E-state index in [1.807, 2.05) is 4.90 Å². The van der Waals surface area contributed by atoms with Crippen molar-refractivity contribution in [3.05, 3.63) is 12.1 Å². The third-order valence-electron chi connectivity index (χ3n) is 3.04. The summed E-state index contributed by atoms with van der Waals surface area (Å²) in [6.45, 7) is 8.87. The normalized spacial score (nSPS) is 16.7. The Morgan fingerprint density at radius 1 is 1.35 bits per heavy atom. The lowest BCUT2D eigenvalue weighted by molar-refractivity contribution is -0.129. The molecule has 5 nitrogen and oxygen atoms in total. The van der Waals surface area contributed by atoms with Gasteiger partial charge in [0.25, 0.3) is 0 Å². The lowest BCUT2D eigenvalue weighted by atomic mass is 10.2. The van der Waals surface area contributed by atoms with Gasteiger partial charge in [-0.2, -0.15) is 0 Å². The van der Waals surface area contributed by atoms with Crippen molar-refractivity contribution >= 4 is 11.8 Å². The van der Waals surface area contributed by atoms with E-state index in [-0.39, 0.29) is 5.91 Å². The predicted molar refractivity (Wildman–Crippen MR) is 65.1 cm³/mol. The zero-order chi connectivity index (χ0) is 12.4. The van der Waals surface area contributed by atoms with Crippen molar-refractivity contribution in [2.75, 3.05) is 31.1 Å². The van der Waals surface area contributed by atoms with Gasteiger partial charge < -0.3 is 14.2 Å². The predicted octanol–water partition coefficient (Wildman–Crippen LogP) is 1.47. The van der Waals surface area contributed by atoms with Gasteiger partial charge in [0, 0.05) is 39.0 Å². The van der Waals surface area contributed by atoms with E-state index < -0.39 is 0 Å². The van der Waals surface area contributed by atoms with Gasteiger partial charge in [0.15, 0.2) is 5.89 Å². The van der Waals surface area contributed by atoms with Gasteiger partial charge in [-0.3, -0.25) is 4.79 Å². The lowest BCUT2D eigenvalue weighted by Crippen LogP contribution is -2.48. The summed E-state index contributed by atoms with van der Waals surface area (Å²) < 4.78 is 5.69. The molecule has 1 aromatic heterocycles. The largest absolute Gasteiger partial charge is 0.425 e. The van der Waals surface area contributed by atoms with Crippen LogP contribution in [-0.4, -0.2) is 42.0 Å². The van der Waals surface area contributed by atoms with Gasteiger partial charge in [0.05, 0.1) is 6.20 Å².